The maximum atomic E-state index is 13.5. The van der Waals surface area contributed by atoms with E-state index in [1.54, 1.807) is 62.6 Å². The molecule has 2 heterocycles. The molecule has 40 heavy (non-hydrogen) atoms. The number of nitrogen functional groups attached to an aromatic ring is 1. The Labute approximate surface area is 230 Å². The lowest BCUT2D eigenvalue weighted by molar-refractivity contribution is -0.162. The number of hydrogen-bond donors (Lipinski definition) is 1. The fourth-order valence-corrected chi connectivity index (χ4v) is 4.21. The van der Waals surface area contributed by atoms with E-state index in [9.17, 15) is 18.9 Å². The highest BCUT2D eigenvalue weighted by Crippen LogP contribution is 2.48. The lowest BCUT2D eigenvalue weighted by atomic mass is 9.97. The molecular formula is C25H30N5O9P. The van der Waals surface area contributed by atoms with Gasteiger partial charge in [-0.3, -0.25) is 9.32 Å². The molecule has 0 amide bonds. The number of hydrogen-bond acceptors (Lipinski definition) is 13. The highest BCUT2D eigenvalue weighted by Gasteiger charge is 2.29. The Morgan fingerprint density at radius 3 is 2.48 bits per heavy atom. The van der Waals surface area contributed by atoms with Crippen LogP contribution >= 0.6 is 7.60 Å². The first-order chi connectivity index (χ1) is 18.9. The molecule has 0 fully saturated rings. The van der Waals surface area contributed by atoms with Crippen LogP contribution in [0.5, 0.6) is 5.75 Å². The van der Waals surface area contributed by atoms with Crippen molar-refractivity contribution in [1.29, 1.82) is 0 Å². The molecule has 2 aromatic heterocycles. The van der Waals surface area contributed by atoms with Gasteiger partial charge in [-0.1, -0.05) is 18.2 Å². The zero-order valence-electron chi connectivity index (χ0n) is 22.4. The van der Waals surface area contributed by atoms with Crippen LogP contribution in [0.2, 0.25) is 0 Å². The molecule has 15 heteroatoms. The highest BCUT2D eigenvalue weighted by atomic mass is 31.2. The molecule has 2 N–H and O–H groups in total. The number of ether oxygens (including phenoxy) is 3. The smallest absolute Gasteiger partial charge is 0.407 e. The van der Waals surface area contributed by atoms with Gasteiger partial charge in [0.2, 0.25) is 6.79 Å². The Hall–Kier alpha value is -4.13. The van der Waals surface area contributed by atoms with Crippen LogP contribution in [0.25, 0.3) is 11.2 Å². The summed E-state index contributed by atoms with van der Waals surface area (Å²) in [6.07, 6.45) is 3.35. The van der Waals surface area contributed by atoms with Crippen molar-refractivity contribution < 1.29 is 42.2 Å². The SMILES string of the molecule is C[C@H](Cn1cnc2c(N)ncnc21)OCP(=O)(OCOC(=O)/C=C/C(=O)OC(=O)C(C)(C)C)Oc1ccccc1. The van der Waals surface area contributed by atoms with E-state index < -0.39 is 50.2 Å². The number of carbonyl (C=O) groups excluding carboxylic acids is 3. The lowest BCUT2D eigenvalue weighted by Gasteiger charge is -2.21. The summed E-state index contributed by atoms with van der Waals surface area (Å²) in [5, 5.41) is 0. The summed E-state index contributed by atoms with van der Waals surface area (Å²) in [7, 11) is -4.00. The number of esters is 3. The molecule has 0 spiro atoms. The van der Waals surface area contributed by atoms with Crippen molar-refractivity contribution in [3.63, 3.8) is 0 Å². The number of para-hydroxylation sites is 1. The summed E-state index contributed by atoms with van der Waals surface area (Å²) in [5.74, 6) is -2.32. The van der Waals surface area contributed by atoms with E-state index in [4.69, 9.17) is 24.3 Å². The Kier molecular flexibility index (Phi) is 10.1. The van der Waals surface area contributed by atoms with Crippen molar-refractivity contribution >= 4 is 42.5 Å². The average molecular weight is 576 g/mol. The predicted octanol–water partition coefficient (Wildman–Crippen LogP) is 3.23. The maximum Gasteiger partial charge on any atom is 0.407 e. The molecule has 14 nitrogen and oxygen atoms in total. The molecule has 0 radical (unpaired) electrons. The van der Waals surface area contributed by atoms with Crippen molar-refractivity contribution in [3.8, 4) is 5.75 Å². The number of nitrogens with two attached hydrogens (primary N) is 1. The summed E-state index contributed by atoms with van der Waals surface area (Å²) in [6, 6.07) is 8.24. The first kappa shape index (κ1) is 30.4. The zero-order chi connectivity index (χ0) is 29.3. The minimum Gasteiger partial charge on any atom is -0.435 e. The second-order valence-electron chi connectivity index (χ2n) is 9.45. The minimum absolute atomic E-state index is 0.242. The summed E-state index contributed by atoms with van der Waals surface area (Å²) >= 11 is 0. The van der Waals surface area contributed by atoms with E-state index in [1.807, 2.05) is 0 Å². The van der Waals surface area contributed by atoms with Crippen LogP contribution in [0.3, 0.4) is 0 Å². The Morgan fingerprint density at radius 2 is 1.77 bits per heavy atom. The number of fused-ring (bicyclic) bond motifs is 1. The third-order valence-corrected chi connectivity index (χ3v) is 6.45. The number of aromatic nitrogens is 4. The van der Waals surface area contributed by atoms with Gasteiger partial charge in [-0.25, -0.2) is 29.1 Å². The maximum absolute atomic E-state index is 13.5. The molecule has 3 aromatic rings. The molecule has 0 aliphatic carbocycles. The average Bonchev–Trinajstić information content (AvgIpc) is 3.30. The summed E-state index contributed by atoms with van der Waals surface area (Å²) in [5.41, 5.74) is 5.88. The molecule has 0 aliphatic heterocycles. The van der Waals surface area contributed by atoms with Gasteiger partial charge >= 0.3 is 25.5 Å². The molecule has 0 bridgehead atoms. The summed E-state index contributed by atoms with van der Waals surface area (Å²) < 4.78 is 41.2. The van der Waals surface area contributed by atoms with E-state index in [0.717, 1.165) is 12.2 Å². The van der Waals surface area contributed by atoms with Gasteiger partial charge in [0.1, 0.15) is 17.6 Å². The van der Waals surface area contributed by atoms with Gasteiger partial charge in [0, 0.05) is 12.2 Å². The first-order valence-corrected chi connectivity index (χ1v) is 13.7. The van der Waals surface area contributed by atoms with Crippen LogP contribution in [0.1, 0.15) is 27.7 Å². The molecule has 0 aliphatic rings. The zero-order valence-corrected chi connectivity index (χ0v) is 23.3. The summed E-state index contributed by atoms with van der Waals surface area (Å²) in [6.45, 7) is 5.96. The van der Waals surface area contributed by atoms with Gasteiger partial charge in [0.15, 0.2) is 17.8 Å². The van der Waals surface area contributed by atoms with E-state index >= 15 is 0 Å². The van der Waals surface area contributed by atoms with Crippen molar-refractivity contribution in [1.82, 2.24) is 19.5 Å². The normalized spacial score (nSPS) is 14.0. The van der Waals surface area contributed by atoms with Gasteiger partial charge in [0.25, 0.3) is 0 Å². The van der Waals surface area contributed by atoms with Crippen LogP contribution in [-0.4, -0.2) is 56.7 Å². The molecular weight excluding hydrogens is 545 g/mol. The van der Waals surface area contributed by atoms with E-state index in [2.05, 4.69) is 19.7 Å². The Bertz CT molecular complexity index is 1420. The number of anilines is 1. The quantitative estimate of drug-likeness (QED) is 0.109. The number of rotatable bonds is 12. The molecule has 214 valence electrons. The fraction of sp³-hybridized carbons (Fsp3) is 0.360. The molecule has 3 rings (SSSR count). The van der Waals surface area contributed by atoms with Crippen molar-refractivity contribution in [2.24, 2.45) is 5.41 Å². The minimum atomic E-state index is -4.00. The van der Waals surface area contributed by atoms with Crippen LogP contribution in [0.15, 0.2) is 55.1 Å². The van der Waals surface area contributed by atoms with Crippen molar-refractivity contribution in [2.75, 3.05) is 18.9 Å². The summed E-state index contributed by atoms with van der Waals surface area (Å²) in [4.78, 5) is 47.7. The van der Waals surface area contributed by atoms with Gasteiger partial charge in [-0.05, 0) is 39.8 Å². The van der Waals surface area contributed by atoms with Gasteiger partial charge < -0.3 is 29.0 Å². The Balaban J connectivity index is 1.57. The molecule has 2 atom stereocenters. The standard InChI is InChI=1S/C25H30N5O9P/c1-17(12-30-14-29-21-22(26)27-13-28-23(21)30)36-16-40(34,39-18-8-6-5-7-9-18)37-15-35-19(31)10-11-20(32)38-24(33)25(2,3)4/h5-11,13-14,17H,12,15-16H2,1-4H3,(H2,26,27,28)/b11-10+/t17-,40?/m1/s1. The highest BCUT2D eigenvalue weighted by molar-refractivity contribution is 7.54. The number of carbonyl (C=O) groups is 3. The predicted molar refractivity (Wildman–Crippen MR) is 142 cm³/mol. The van der Waals surface area contributed by atoms with Crippen molar-refractivity contribution in [3.05, 3.63) is 55.1 Å². The number of nitrogens with zero attached hydrogens (tertiary/aromatic N) is 4. The third-order valence-electron chi connectivity index (χ3n) is 5.00. The molecule has 0 saturated heterocycles. The van der Waals surface area contributed by atoms with Gasteiger partial charge in [-0.15, -0.1) is 0 Å². The van der Waals surface area contributed by atoms with Crippen molar-refractivity contribution in [2.45, 2.75) is 40.3 Å². The second-order valence-corrected chi connectivity index (χ2v) is 11.4. The molecule has 1 unspecified atom stereocenters. The van der Waals surface area contributed by atoms with E-state index in [-0.39, 0.29) is 18.1 Å². The van der Waals surface area contributed by atoms with Crippen LogP contribution in [0.4, 0.5) is 5.82 Å². The Morgan fingerprint density at radius 1 is 1.07 bits per heavy atom. The third kappa shape index (κ3) is 8.97. The topological polar surface area (TPSA) is 184 Å². The van der Waals surface area contributed by atoms with Gasteiger partial charge in [0.05, 0.1) is 24.4 Å². The van der Waals surface area contributed by atoms with Gasteiger partial charge in [-0.2, -0.15) is 0 Å². The van der Waals surface area contributed by atoms with Crippen LogP contribution < -0.4 is 10.3 Å². The fourth-order valence-electron chi connectivity index (χ4n) is 2.94. The first-order valence-electron chi connectivity index (χ1n) is 12.0. The monoisotopic (exact) mass is 575 g/mol. The molecule has 0 saturated carbocycles. The van der Waals surface area contributed by atoms with Crippen LogP contribution in [0, 0.1) is 5.41 Å². The number of imidazole rings is 1. The largest absolute Gasteiger partial charge is 0.435 e. The van der Waals surface area contributed by atoms with E-state index in [0.29, 0.717) is 11.2 Å². The lowest BCUT2D eigenvalue weighted by Crippen LogP contribution is -2.25. The second kappa shape index (κ2) is 13.3. The number of benzene rings is 1. The van der Waals surface area contributed by atoms with E-state index in [1.165, 1.54) is 12.7 Å². The van der Waals surface area contributed by atoms with Crippen LogP contribution in [-0.2, 0) is 44.2 Å². The molecule has 1 aromatic carbocycles.